The number of carboxylic acids is 1. The number of ether oxygens (including phenoxy) is 1. The van der Waals surface area contributed by atoms with Crippen molar-refractivity contribution in [2.45, 2.75) is 13.0 Å². The summed E-state index contributed by atoms with van der Waals surface area (Å²) in [7, 11) is 1.39. The fourth-order valence-corrected chi connectivity index (χ4v) is 2.48. The highest BCUT2D eigenvalue weighted by molar-refractivity contribution is 6.05. The monoisotopic (exact) mass is 376 g/mol. The van der Waals surface area contributed by atoms with Crippen LogP contribution in [0.4, 0.5) is 14.5 Å². The number of amides is 1. The summed E-state index contributed by atoms with van der Waals surface area (Å²) < 4.78 is 32.0. The molecule has 0 saturated heterocycles. The third kappa shape index (κ3) is 4.00. The molecule has 0 radical (unpaired) electrons. The SMILES string of the molecule is COc1cc2nn(CC(=O)O)cc2cc1NC(=O)c1cccc(C(F)F)n1. The number of hydrogen-bond acceptors (Lipinski definition) is 5. The van der Waals surface area contributed by atoms with Gasteiger partial charge in [-0.1, -0.05) is 6.07 Å². The molecule has 0 saturated carbocycles. The molecule has 8 nitrogen and oxygen atoms in total. The highest BCUT2D eigenvalue weighted by atomic mass is 19.3. The zero-order valence-corrected chi connectivity index (χ0v) is 14.0. The van der Waals surface area contributed by atoms with Crippen LogP contribution in [0.1, 0.15) is 22.6 Å². The van der Waals surface area contributed by atoms with Crippen molar-refractivity contribution in [2.24, 2.45) is 0 Å². The summed E-state index contributed by atoms with van der Waals surface area (Å²) in [5.41, 5.74) is 0.0783. The maximum Gasteiger partial charge on any atom is 0.325 e. The minimum Gasteiger partial charge on any atom is -0.494 e. The number of hydrogen-bond donors (Lipinski definition) is 2. The van der Waals surface area contributed by atoms with Gasteiger partial charge < -0.3 is 15.2 Å². The van der Waals surface area contributed by atoms with E-state index in [4.69, 9.17) is 9.84 Å². The van der Waals surface area contributed by atoms with Crippen molar-refractivity contribution < 1.29 is 28.2 Å². The van der Waals surface area contributed by atoms with Crippen LogP contribution in [0.25, 0.3) is 10.9 Å². The molecule has 3 aromatic rings. The fourth-order valence-electron chi connectivity index (χ4n) is 2.48. The predicted octanol–water partition coefficient (Wildman–Crippen LogP) is 2.71. The number of methoxy groups -OCH3 is 1. The average molecular weight is 376 g/mol. The first-order chi connectivity index (χ1) is 12.9. The van der Waals surface area contributed by atoms with Crippen molar-refractivity contribution >= 4 is 28.5 Å². The Hall–Kier alpha value is -3.56. The summed E-state index contributed by atoms with van der Waals surface area (Å²) in [6, 6.07) is 6.85. The standard InChI is InChI=1S/C17H14F2N4O4/c1-27-14-6-12-9(7-23(22-12)8-15(24)25)5-13(14)21-17(26)11-4-2-3-10(20-11)16(18)19/h2-7,16H,8H2,1H3,(H,21,26)(H,24,25). The number of carboxylic acid groups (broad SMARTS) is 1. The van der Waals surface area contributed by atoms with Crippen LogP contribution in [0.3, 0.4) is 0 Å². The van der Waals surface area contributed by atoms with Crippen LogP contribution >= 0.6 is 0 Å². The van der Waals surface area contributed by atoms with Gasteiger partial charge in [0.1, 0.15) is 23.7 Å². The molecule has 0 aliphatic rings. The number of benzene rings is 1. The van der Waals surface area contributed by atoms with Crippen LogP contribution in [0.5, 0.6) is 5.75 Å². The van der Waals surface area contributed by atoms with Crippen LogP contribution in [0.15, 0.2) is 36.5 Å². The lowest BCUT2D eigenvalue weighted by atomic mass is 10.2. The van der Waals surface area contributed by atoms with Gasteiger partial charge in [0.05, 0.1) is 18.3 Å². The first kappa shape index (κ1) is 18.2. The van der Waals surface area contributed by atoms with E-state index < -0.39 is 24.0 Å². The number of nitrogens with one attached hydrogen (secondary N) is 1. The van der Waals surface area contributed by atoms with Gasteiger partial charge in [-0.2, -0.15) is 5.10 Å². The van der Waals surface area contributed by atoms with Crippen LogP contribution in [-0.4, -0.2) is 38.9 Å². The molecule has 1 amide bonds. The number of nitrogens with zero attached hydrogens (tertiary/aromatic N) is 3. The second-order valence-corrected chi connectivity index (χ2v) is 5.53. The third-order valence-electron chi connectivity index (χ3n) is 3.65. The topological polar surface area (TPSA) is 106 Å². The Kier molecular flexibility index (Phi) is 4.97. The highest BCUT2D eigenvalue weighted by Gasteiger charge is 2.16. The molecule has 0 aliphatic carbocycles. The van der Waals surface area contributed by atoms with Crippen molar-refractivity contribution in [2.75, 3.05) is 12.4 Å². The van der Waals surface area contributed by atoms with E-state index in [2.05, 4.69) is 15.4 Å². The van der Waals surface area contributed by atoms with Crippen molar-refractivity contribution in [3.63, 3.8) is 0 Å². The summed E-state index contributed by atoms with van der Waals surface area (Å²) in [6.07, 6.45) is -1.28. The first-order valence-corrected chi connectivity index (χ1v) is 7.71. The third-order valence-corrected chi connectivity index (χ3v) is 3.65. The largest absolute Gasteiger partial charge is 0.494 e. The molecule has 1 aromatic carbocycles. The Balaban J connectivity index is 1.92. The number of aromatic nitrogens is 3. The second-order valence-electron chi connectivity index (χ2n) is 5.53. The molecule has 0 fully saturated rings. The quantitative estimate of drug-likeness (QED) is 0.685. The van der Waals surface area contributed by atoms with Crippen molar-refractivity contribution in [3.05, 3.63) is 47.9 Å². The second kappa shape index (κ2) is 7.36. The molecule has 0 unspecified atom stereocenters. The number of anilines is 1. The van der Waals surface area contributed by atoms with Crippen LogP contribution < -0.4 is 10.1 Å². The van der Waals surface area contributed by atoms with Crippen molar-refractivity contribution in [1.29, 1.82) is 0 Å². The van der Waals surface area contributed by atoms with Gasteiger partial charge >= 0.3 is 5.97 Å². The van der Waals surface area contributed by atoms with Crippen molar-refractivity contribution in [1.82, 2.24) is 14.8 Å². The van der Waals surface area contributed by atoms with E-state index in [1.54, 1.807) is 6.07 Å². The number of carbonyl (C=O) groups excluding carboxylic acids is 1. The molecular weight excluding hydrogens is 362 g/mol. The number of pyridine rings is 1. The normalized spacial score (nSPS) is 11.0. The van der Waals surface area contributed by atoms with Gasteiger partial charge in [0.25, 0.3) is 12.3 Å². The predicted molar refractivity (Wildman–Crippen MR) is 91.1 cm³/mol. The highest BCUT2D eigenvalue weighted by Crippen LogP contribution is 2.30. The van der Waals surface area contributed by atoms with Gasteiger partial charge in [-0.3, -0.25) is 14.3 Å². The molecule has 2 aromatic heterocycles. The first-order valence-electron chi connectivity index (χ1n) is 7.71. The maximum atomic E-state index is 12.8. The Morgan fingerprint density at radius 1 is 1.33 bits per heavy atom. The molecule has 0 atom stereocenters. The van der Waals surface area contributed by atoms with E-state index in [0.29, 0.717) is 10.9 Å². The zero-order valence-electron chi connectivity index (χ0n) is 14.0. The lowest BCUT2D eigenvalue weighted by Crippen LogP contribution is -2.15. The zero-order chi connectivity index (χ0) is 19.6. The summed E-state index contributed by atoms with van der Waals surface area (Å²) in [5.74, 6) is -1.46. The van der Waals surface area contributed by atoms with E-state index in [0.717, 1.165) is 6.07 Å². The summed E-state index contributed by atoms with van der Waals surface area (Å²) >= 11 is 0. The summed E-state index contributed by atoms with van der Waals surface area (Å²) in [5, 5.41) is 16.1. The minimum atomic E-state index is -2.79. The molecule has 140 valence electrons. The van der Waals surface area contributed by atoms with E-state index in [9.17, 15) is 18.4 Å². The van der Waals surface area contributed by atoms with Gasteiger partial charge in [0.2, 0.25) is 0 Å². The molecule has 2 heterocycles. The number of rotatable bonds is 6. The number of halogens is 2. The van der Waals surface area contributed by atoms with Crippen LogP contribution in [0.2, 0.25) is 0 Å². The van der Waals surface area contributed by atoms with Crippen LogP contribution in [-0.2, 0) is 11.3 Å². The summed E-state index contributed by atoms with van der Waals surface area (Å²) in [4.78, 5) is 26.8. The van der Waals surface area contributed by atoms with Gasteiger partial charge in [-0.25, -0.2) is 13.8 Å². The Bertz CT molecular complexity index is 1020. The van der Waals surface area contributed by atoms with Crippen molar-refractivity contribution in [3.8, 4) is 5.75 Å². The lowest BCUT2D eigenvalue weighted by molar-refractivity contribution is -0.137. The van der Waals surface area contributed by atoms with E-state index in [-0.39, 0.29) is 23.7 Å². The van der Waals surface area contributed by atoms with Gasteiger partial charge in [0, 0.05) is 17.6 Å². The molecule has 2 N–H and O–H groups in total. The van der Waals surface area contributed by atoms with Gasteiger partial charge in [0.15, 0.2) is 0 Å². The van der Waals surface area contributed by atoms with E-state index in [1.165, 1.54) is 36.2 Å². The number of carbonyl (C=O) groups is 2. The number of fused-ring (bicyclic) bond motifs is 1. The molecule has 0 spiro atoms. The Morgan fingerprint density at radius 3 is 2.78 bits per heavy atom. The smallest absolute Gasteiger partial charge is 0.325 e. The Morgan fingerprint density at radius 2 is 2.11 bits per heavy atom. The maximum absolute atomic E-state index is 12.8. The molecule has 3 rings (SSSR count). The number of alkyl halides is 2. The van der Waals surface area contributed by atoms with Gasteiger partial charge in [-0.05, 0) is 18.2 Å². The molecule has 27 heavy (non-hydrogen) atoms. The molecular formula is C17H14F2N4O4. The van der Waals surface area contributed by atoms with E-state index in [1.807, 2.05) is 0 Å². The molecule has 0 bridgehead atoms. The lowest BCUT2D eigenvalue weighted by Gasteiger charge is -2.10. The van der Waals surface area contributed by atoms with Gasteiger partial charge in [-0.15, -0.1) is 0 Å². The van der Waals surface area contributed by atoms with Crippen LogP contribution in [0, 0.1) is 0 Å². The fraction of sp³-hybridized carbons (Fsp3) is 0.176. The number of aliphatic carboxylic acids is 1. The molecule has 0 aliphatic heterocycles. The van der Waals surface area contributed by atoms with E-state index >= 15 is 0 Å². The molecule has 10 heteroatoms. The average Bonchev–Trinajstić information content (AvgIpc) is 3.01. The Labute approximate surface area is 151 Å². The summed E-state index contributed by atoms with van der Waals surface area (Å²) in [6.45, 7) is -0.316. The minimum absolute atomic E-state index is 0.170.